The zero-order valence-corrected chi connectivity index (χ0v) is 10.4. The van der Waals surface area contributed by atoms with Gasteiger partial charge in [-0.3, -0.25) is 14.9 Å². The molecule has 98 valence electrons. The number of benzene rings is 1. The zero-order valence-electron chi connectivity index (χ0n) is 10.4. The zero-order chi connectivity index (χ0) is 14.0. The van der Waals surface area contributed by atoms with Crippen LogP contribution in [0.4, 0.5) is 5.69 Å². The summed E-state index contributed by atoms with van der Waals surface area (Å²) in [5, 5.41) is 10.9. The normalized spacial score (nSPS) is 10.2. The van der Waals surface area contributed by atoms with Crippen LogP contribution in [0.25, 0.3) is 0 Å². The van der Waals surface area contributed by atoms with Crippen molar-refractivity contribution in [1.29, 1.82) is 0 Å². The summed E-state index contributed by atoms with van der Waals surface area (Å²) in [5.41, 5.74) is 1.28. The second-order valence-electron chi connectivity index (χ2n) is 4.04. The molecule has 0 aliphatic rings. The van der Waals surface area contributed by atoms with Crippen LogP contribution in [0.2, 0.25) is 0 Å². The monoisotopic (exact) mass is 261 g/mol. The highest BCUT2D eigenvalue weighted by Crippen LogP contribution is 2.32. The first-order valence-corrected chi connectivity index (χ1v) is 5.50. The van der Waals surface area contributed by atoms with Gasteiger partial charge in [-0.05, 0) is 31.5 Å². The van der Waals surface area contributed by atoms with Gasteiger partial charge >= 0.3 is 0 Å². The molecule has 0 N–H and O–H groups in total. The van der Waals surface area contributed by atoms with Gasteiger partial charge in [0, 0.05) is 11.6 Å². The molecule has 0 radical (unpaired) electrons. The molecule has 0 unspecified atom stereocenters. The lowest BCUT2D eigenvalue weighted by Gasteiger charge is -2.07. The SMILES string of the molecule is Cc1cc(C)c([N+](=O)[O-])cc1Oc1ccc(C=O)o1. The maximum absolute atomic E-state index is 10.9. The predicted octanol–water partition coefficient (Wildman–Crippen LogP) is 3.41. The number of nitro benzene ring substituents is 1. The summed E-state index contributed by atoms with van der Waals surface area (Å²) in [6, 6.07) is 5.94. The minimum absolute atomic E-state index is 0.0252. The van der Waals surface area contributed by atoms with E-state index in [1.165, 1.54) is 18.2 Å². The van der Waals surface area contributed by atoms with Gasteiger partial charge in [0.2, 0.25) is 0 Å². The molecule has 0 bridgehead atoms. The maximum Gasteiger partial charge on any atom is 0.290 e. The number of rotatable bonds is 4. The Hall–Kier alpha value is -2.63. The highest BCUT2D eigenvalue weighted by atomic mass is 16.6. The Morgan fingerprint density at radius 1 is 1.26 bits per heavy atom. The minimum atomic E-state index is -0.472. The van der Waals surface area contributed by atoms with Gasteiger partial charge in [0.15, 0.2) is 12.0 Å². The third-order valence-electron chi connectivity index (χ3n) is 2.62. The van der Waals surface area contributed by atoms with Gasteiger partial charge in [-0.15, -0.1) is 0 Å². The fraction of sp³-hybridized carbons (Fsp3) is 0.154. The minimum Gasteiger partial charge on any atom is -0.425 e. The second kappa shape index (κ2) is 4.93. The van der Waals surface area contributed by atoms with Crippen molar-refractivity contribution < 1.29 is 18.9 Å². The summed E-state index contributed by atoms with van der Waals surface area (Å²) in [6.45, 7) is 3.43. The molecule has 0 saturated heterocycles. The molecular weight excluding hydrogens is 250 g/mol. The number of hydrogen-bond donors (Lipinski definition) is 0. The average molecular weight is 261 g/mol. The molecule has 0 fully saturated rings. The number of carbonyl (C=O) groups is 1. The molecule has 0 spiro atoms. The first-order valence-electron chi connectivity index (χ1n) is 5.50. The van der Waals surface area contributed by atoms with E-state index in [0.29, 0.717) is 17.6 Å². The number of furan rings is 1. The van der Waals surface area contributed by atoms with Crippen LogP contribution in [0.15, 0.2) is 28.7 Å². The Morgan fingerprint density at radius 2 is 2.00 bits per heavy atom. The van der Waals surface area contributed by atoms with Crippen molar-refractivity contribution in [1.82, 2.24) is 0 Å². The van der Waals surface area contributed by atoms with Crippen molar-refractivity contribution in [2.75, 3.05) is 0 Å². The van der Waals surface area contributed by atoms with E-state index in [-0.39, 0.29) is 17.4 Å². The van der Waals surface area contributed by atoms with Crippen LogP contribution in [0, 0.1) is 24.0 Å². The van der Waals surface area contributed by atoms with E-state index < -0.39 is 4.92 Å². The topological polar surface area (TPSA) is 82.6 Å². The van der Waals surface area contributed by atoms with E-state index in [1.807, 2.05) is 0 Å². The van der Waals surface area contributed by atoms with Crippen LogP contribution in [0.5, 0.6) is 11.7 Å². The summed E-state index contributed by atoms with van der Waals surface area (Å²) in [6.07, 6.45) is 0.553. The molecule has 6 heteroatoms. The summed E-state index contributed by atoms with van der Waals surface area (Å²) in [7, 11) is 0. The molecule has 19 heavy (non-hydrogen) atoms. The standard InChI is InChI=1S/C13H11NO5/c1-8-5-9(2)12(6-11(8)14(16)17)19-13-4-3-10(7-15)18-13/h3-7H,1-2H3. The fourth-order valence-electron chi connectivity index (χ4n) is 1.69. The first kappa shape index (κ1) is 12.8. The highest BCUT2D eigenvalue weighted by Gasteiger charge is 2.15. The van der Waals surface area contributed by atoms with Crippen molar-refractivity contribution in [3.05, 3.63) is 51.3 Å². The van der Waals surface area contributed by atoms with E-state index in [9.17, 15) is 14.9 Å². The van der Waals surface area contributed by atoms with E-state index in [1.54, 1.807) is 19.9 Å². The van der Waals surface area contributed by atoms with Crippen LogP contribution >= 0.6 is 0 Å². The second-order valence-corrected chi connectivity index (χ2v) is 4.04. The van der Waals surface area contributed by atoms with Gasteiger partial charge in [0.25, 0.3) is 11.6 Å². The Kier molecular flexibility index (Phi) is 3.33. The number of aldehydes is 1. The quantitative estimate of drug-likeness (QED) is 0.478. The van der Waals surface area contributed by atoms with Crippen molar-refractivity contribution in [2.24, 2.45) is 0 Å². The molecular formula is C13H11NO5. The fourth-order valence-corrected chi connectivity index (χ4v) is 1.69. The van der Waals surface area contributed by atoms with Crippen LogP contribution in [0.3, 0.4) is 0 Å². The van der Waals surface area contributed by atoms with Gasteiger partial charge in [-0.1, -0.05) is 0 Å². The number of ether oxygens (including phenoxy) is 1. The lowest BCUT2D eigenvalue weighted by atomic mass is 10.1. The van der Waals surface area contributed by atoms with Crippen LogP contribution in [0.1, 0.15) is 21.7 Å². The van der Waals surface area contributed by atoms with Crippen LogP contribution < -0.4 is 4.74 Å². The number of aryl methyl sites for hydroxylation is 2. The lowest BCUT2D eigenvalue weighted by molar-refractivity contribution is -0.385. The Morgan fingerprint density at radius 3 is 2.58 bits per heavy atom. The van der Waals surface area contributed by atoms with Gasteiger partial charge in [-0.2, -0.15) is 0 Å². The van der Waals surface area contributed by atoms with Crippen molar-refractivity contribution in [2.45, 2.75) is 13.8 Å². The number of hydrogen-bond acceptors (Lipinski definition) is 5. The molecule has 0 atom stereocenters. The van der Waals surface area contributed by atoms with Gasteiger partial charge in [-0.25, -0.2) is 0 Å². The van der Waals surface area contributed by atoms with E-state index in [0.717, 1.165) is 5.56 Å². The predicted molar refractivity (Wildman–Crippen MR) is 66.7 cm³/mol. The van der Waals surface area contributed by atoms with Gasteiger partial charge in [0.05, 0.1) is 11.0 Å². The van der Waals surface area contributed by atoms with Crippen LogP contribution in [-0.2, 0) is 0 Å². The number of carbonyl (C=O) groups excluding carboxylic acids is 1. The molecule has 0 aliphatic heterocycles. The number of nitro groups is 1. The molecule has 1 aromatic carbocycles. The Labute approximate surface area is 108 Å². The lowest BCUT2D eigenvalue weighted by Crippen LogP contribution is -1.95. The first-order chi connectivity index (χ1) is 9.01. The van der Waals surface area contributed by atoms with Crippen LogP contribution in [-0.4, -0.2) is 11.2 Å². The van der Waals surface area contributed by atoms with Gasteiger partial charge in [0.1, 0.15) is 5.75 Å². The largest absolute Gasteiger partial charge is 0.425 e. The molecule has 0 saturated carbocycles. The third-order valence-corrected chi connectivity index (χ3v) is 2.62. The molecule has 1 aromatic heterocycles. The molecule has 0 aliphatic carbocycles. The molecule has 0 amide bonds. The van der Waals surface area contributed by atoms with E-state index in [4.69, 9.17) is 9.15 Å². The van der Waals surface area contributed by atoms with Crippen molar-refractivity contribution in [3.8, 4) is 11.7 Å². The Balaban J connectivity index is 2.36. The average Bonchev–Trinajstić information content (AvgIpc) is 2.80. The number of nitrogens with zero attached hydrogens (tertiary/aromatic N) is 1. The summed E-state index contributed by atoms with van der Waals surface area (Å²) < 4.78 is 10.5. The summed E-state index contributed by atoms with van der Waals surface area (Å²) in [5.74, 6) is 0.571. The summed E-state index contributed by atoms with van der Waals surface area (Å²) >= 11 is 0. The maximum atomic E-state index is 10.9. The third kappa shape index (κ3) is 2.62. The summed E-state index contributed by atoms with van der Waals surface area (Å²) in [4.78, 5) is 20.9. The molecule has 6 nitrogen and oxygen atoms in total. The smallest absolute Gasteiger partial charge is 0.290 e. The van der Waals surface area contributed by atoms with Crippen molar-refractivity contribution >= 4 is 12.0 Å². The van der Waals surface area contributed by atoms with E-state index in [2.05, 4.69) is 0 Å². The van der Waals surface area contributed by atoms with Gasteiger partial charge < -0.3 is 9.15 Å². The molecule has 1 heterocycles. The Bertz CT molecular complexity index is 644. The molecule has 2 aromatic rings. The highest BCUT2D eigenvalue weighted by molar-refractivity contribution is 5.70. The van der Waals surface area contributed by atoms with E-state index >= 15 is 0 Å². The molecule has 2 rings (SSSR count). The van der Waals surface area contributed by atoms with Crippen molar-refractivity contribution in [3.63, 3.8) is 0 Å².